The molecule has 0 saturated carbocycles. The third-order valence-electron chi connectivity index (χ3n) is 3.87. The van der Waals surface area contributed by atoms with Gasteiger partial charge in [0, 0.05) is 32.4 Å². The Bertz CT molecular complexity index is 521. The van der Waals surface area contributed by atoms with Crippen molar-refractivity contribution in [3.63, 3.8) is 0 Å². The molecule has 1 aromatic rings. The molecular formula is C15H24N4O3. The van der Waals surface area contributed by atoms with Crippen molar-refractivity contribution in [2.45, 2.75) is 32.7 Å². The maximum atomic E-state index is 12.4. The third-order valence-corrected chi connectivity index (χ3v) is 3.87. The van der Waals surface area contributed by atoms with E-state index >= 15 is 0 Å². The van der Waals surface area contributed by atoms with Crippen LogP contribution < -0.4 is 5.32 Å². The summed E-state index contributed by atoms with van der Waals surface area (Å²) in [5.41, 5.74) is 0. The summed E-state index contributed by atoms with van der Waals surface area (Å²) in [5, 5.41) is 7.31. The summed E-state index contributed by atoms with van der Waals surface area (Å²) >= 11 is 0. The van der Waals surface area contributed by atoms with Gasteiger partial charge in [0.2, 0.25) is 5.91 Å². The lowest BCUT2D eigenvalue weighted by Gasteiger charge is -2.32. The number of rotatable bonds is 5. The van der Waals surface area contributed by atoms with Crippen molar-refractivity contribution in [1.29, 1.82) is 0 Å². The van der Waals surface area contributed by atoms with Gasteiger partial charge in [-0.3, -0.25) is 14.3 Å². The first-order chi connectivity index (χ1) is 10.5. The number of aromatic nitrogens is 2. The van der Waals surface area contributed by atoms with Gasteiger partial charge in [-0.2, -0.15) is 5.10 Å². The Morgan fingerprint density at radius 1 is 1.45 bits per heavy atom. The molecule has 1 aromatic heterocycles. The van der Waals surface area contributed by atoms with Crippen LogP contribution in [-0.4, -0.2) is 52.3 Å². The summed E-state index contributed by atoms with van der Waals surface area (Å²) in [6, 6.07) is 1.49. The van der Waals surface area contributed by atoms with E-state index in [0.717, 1.165) is 0 Å². The molecule has 1 atom stereocenters. The van der Waals surface area contributed by atoms with Crippen molar-refractivity contribution in [3.05, 3.63) is 12.3 Å². The van der Waals surface area contributed by atoms with Gasteiger partial charge in [0.15, 0.2) is 0 Å². The van der Waals surface area contributed by atoms with Crippen LogP contribution in [0.2, 0.25) is 0 Å². The Hall–Kier alpha value is -2.05. The SMILES string of the molecule is CCOC(=O)C1CCN(C(=O)C(C)Nc2ccn(C)n2)CC1. The van der Waals surface area contributed by atoms with Crippen molar-refractivity contribution >= 4 is 17.7 Å². The highest BCUT2D eigenvalue weighted by Gasteiger charge is 2.30. The number of carbonyl (C=O) groups is 2. The molecule has 0 aromatic carbocycles. The molecule has 0 aliphatic carbocycles. The molecular weight excluding hydrogens is 284 g/mol. The largest absolute Gasteiger partial charge is 0.466 e. The number of ether oxygens (including phenoxy) is 1. The van der Waals surface area contributed by atoms with Crippen molar-refractivity contribution in [3.8, 4) is 0 Å². The zero-order chi connectivity index (χ0) is 16.1. The van der Waals surface area contributed by atoms with E-state index in [0.29, 0.717) is 38.4 Å². The lowest BCUT2D eigenvalue weighted by atomic mass is 9.96. The molecule has 7 heteroatoms. The number of nitrogens with zero attached hydrogens (tertiary/aromatic N) is 3. The fourth-order valence-corrected chi connectivity index (χ4v) is 2.65. The van der Waals surface area contributed by atoms with Gasteiger partial charge in [0.25, 0.3) is 0 Å². The van der Waals surface area contributed by atoms with E-state index in [-0.39, 0.29) is 23.8 Å². The minimum Gasteiger partial charge on any atom is -0.466 e. The highest BCUT2D eigenvalue weighted by molar-refractivity contribution is 5.84. The van der Waals surface area contributed by atoms with E-state index in [9.17, 15) is 9.59 Å². The smallest absolute Gasteiger partial charge is 0.309 e. The van der Waals surface area contributed by atoms with Gasteiger partial charge in [0.05, 0.1) is 12.5 Å². The number of anilines is 1. The van der Waals surface area contributed by atoms with Crippen LogP contribution in [0.5, 0.6) is 0 Å². The third kappa shape index (κ3) is 3.99. The van der Waals surface area contributed by atoms with Crippen LogP contribution in [0, 0.1) is 5.92 Å². The molecule has 1 aliphatic heterocycles. The number of amides is 1. The number of aryl methyl sites for hydroxylation is 1. The second-order valence-electron chi connectivity index (χ2n) is 5.59. The molecule has 1 aliphatic rings. The molecule has 1 amide bonds. The maximum Gasteiger partial charge on any atom is 0.309 e. The molecule has 1 unspecified atom stereocenters. The Morgan fingerprint density at radius 2 is 2.14 bits per heavy atom. The highest BCUT2D eigenvalue weighted by Crippen LogP contribution is 2.19. The number of piperidine rings is 1. The molecule has 1 saturated heterocycles. The Balaban J connectivity index is 1.82. The summed E-state index contributed by atoms with van der Waals surface area (Å²) < 4.78 is 6.73. The van der Waals surface area contributed by atoms with Crippen molar-refractivity contribution in [2.75, 3.05) is 25.0 Å². The lowest BCUT2D eigenvalue weighted by Crippen LogP contribution is -2.46. The van der Waals surface area contributed by atoms with Crippen molar-refractivity contribution in [2.24, 2.45) is 13.0 Å². The Labute approximate surface area is 130 Å². The van der Waals surface area contributed by atoms with Crippen LogP contribution in [0.25, 0.3) is 0 Å². The van der Waals surface area contributed by atoms with Crippen molar-refractivity contribution < 1.29 is 14.3 Å². The van der Waals surface area contributed by atoms with Crippen molar-refractivity contribution in [1.82, 2.24) is 14.7 Å². The zero-order valence-corrected chi connectivity index (χ0v) is 13.4. The summed E-state index contributed by atoms with van der Waals surface area (Å²) in [4.78, 5) is 25.9. The molecule has 2 heterocycles. The first-order valence-corrected chi connectivity index (χ1v) is 7.73. The van der Waals surface area contributed by atoms with Gasteiger partial charge < -0.3 is 15.0 Å². The van der Waals surface area contributed by atoms with E-state index in [2.05, 4.69) is 10.4 Å². The Morgan fingerprint density at radius 3 is 2.68 bits per heavy atom. The van der Waals surface area contributed by atoms with Crippen LogP contribution in [0.4, 0.5) is 5.82 Å². The number of carbonyl (C=O) groups excluding carboxylic acids is 2. The molecule has 1 fully saturated rings. The molecule has 0 spiro atoms. The van der Waals surface area contributed by atoms with Gasteiger partial charge in [-0.1, -0.05) is 0 Å². The first-order valence-electron chi connectivity index (χ1n) is 7.73. The number of likely N-dealkylation sites (tertiary alicyclic amines) is 1. The first kappa shape index (κ1) is 16.3. The molecule has 0 radical (unpaired) electrons. The van der Waals surface area contributed by atoms with Crippen LogP contribution in [0.15, 0.2) is 12.3 Å². The minimum atomic E-state index is -0.339. The molecule has 7 nitrogen and oxygen atoms in total. The standard InChI is InChI=1S/C15H24N4O3/c1-4-22-15(21)12-5-9-19(10-6-12)14(20)11(2)16-13-7-8-18(3)17-13/h7-8,11-12H,4-6,9-10H2,1-3H3,(H,16,17). The predicted octanol–water partition coefficient (Wildman–Crippen LogP) is 1.02. The van der Waals surface area contributed by atoms with Crippen LogP contribution in [-0.2, 0) is 21.4 Å². The van der Waals surface area contributed by atoms with Crippen LogP contribution >= 0.6 is 0 Å². The maximum absolute atomic E-state index is 12.4. The average Bonchev–Trinajstić information content (AvgIpc) is 2.92. The van der Waals surface area contributed by atoms with Gasteiger partial charge in [-0.25, -0.2) is 0 Å². The number of nitrogens with one attached hydrogen (secondary N) is 1. The topological polar surface area (TPSA) is 76.5 Å². The summed E-state index contributed by atoms with van der Waals surface area (Å²) in [6.45, 7) is 5.23. The van der Waals surface area contributed by atoms with Gasteiger partial charge >= 0.3 is 5.97 Å². The highest BCUT2D eigenvalue weighted by atomic mass is 16.5. The second-order valence-corrected chi connectivity index (χ2v) is 5.59. The van der Waals surface area contributed by atoms with E-state index in [1.54, 1.807) is 9.58 Å². The molecule has 0 bridgehead atoms. The predicted molar refractivity (Wildman–Crippen MR) is 82.2 cm³/mol. The number of esters is 1. The fourth-order valence-electron chi connectivity index (χ4n) is 2.65. The minimum absolute atomic E-state index is 0.0351. The van der Waals surface area contributed by atoms with E-state index in [1.165, 1.54) is 0 Å². The summed E-state index contributed by atoms with van der Waals surface area (Å²) in [6.07, 6.45) is 3.16. The normalized spacial score (nSPS) is 17.1. The summed E-state index contributed by atoms with van der Waals surface area (Å²) in [7, 11) is 1.83. The molecule has 1 N–H and O–H groups in total. The monoisotopic (exact) mass is 308 g/mol. The van der Waals surface area contributed by atoms with E-state index in [4.69, 9.17) is 4.74 Å². The van der Waals surface area contributed by atoms with Crippen LogP contribution in [0.3, 0.4) is 0 Å². The van der Waals surface area contributed by atoms with Gasteiger partial charge in [0.1, 0.15) is 11.9 Å². The molecule has 2 rings (SSSR count). The number of hydrogen-bond donors (Lipinski definition) is 1. The van der Waals surface area contributed by atoms with E-state index in [1.807, 2.05) is 33.2 Å². The van der Waals surface area contributed by atoms with Gasteiger partial charge in [-0.05, 0) is 26.7 Å². The second kappa shape index (κ2) is 7.29. The van der Waals surface area contributed by atoms with Gasteiger partial charge in [-0.15, -0.1) is 0 Å². The van der Waals surface area contributed by atoms with E-state index < -0.39 is 0 Å². The molecule has 22 heavy (non-hydrogen) atoms. The lowest BCUT2D eigenvalue weighted by molar-refractivity contribution is -0.151. The quantitative estimate of drug-likeness (QED) is 0.822. The zero-order valence-electron chi connectivity index (χ0n) is 13.4. The summed E-state index contributed by atoms with van der Waals surface area (Å²) in [5.74, 6) is 0.495. The van der Waals surface area contributed by atoms with Crippen LogP contribution in [0.1, 0.15) is 26.7 Å². The molecule has 122 valence electrons. The number of hydrogen-bond acceptors (Lipinski definition) is 5. The fraction of sp³-hybridized carbons (Fsp3) is 0.667. The Kier molecular flexibility index (Phi) is 5.41. The average molecular weight is 308 g/mol.